The Hall–Kier alpha value is -0.0700. The van der Waals surface area contributed by atoms with Gasteiger partial charge in [0.15, 0.2) is 5.01 Å². The Labute approximate surface area is 74.0 Å². The van der Waals surface area contributed by atoms with E-state index < -0.39 is 12.5 Å². The van der Waals surface area contributed by atoms with Crippen LogP contribution in [0.3, 0.4) is 0 Å². The fraction of sp³-hybridized carbons (Fsp3) is 0.400. The van der Waals surface area contributed by atoms with Gasteiger partial charge in [-0.1, -0.05) is 0 Å². The van der Waals surface area contributed by atoms with E-state index in [0.717, 1.165) is 11.3 Å². The molecule has 62 valence electrons. The van der Waals surface area contributed by atoms with E-state index in [1.54, 1.807) is 0 Å². The molecule has 0 unspecified atom stereocenters. The Morgan fingerprint density at radius 3 is 2.73 bits per heavy atom. The first-order chi connectivity index (χ1) is 5.06. The van der Waals surface area contributed by atoms with Crippen LogP contribution in [0.5, 0.6) is 0 Å². The molecule has 0 atom stereocenters. The quantitative estimate of drug-likeness (QED) is 0.862. The van der Waals surface area contributed by atoms with E-state index in [4.69, 9.17) is 5.11 Å². The van der Waals surface area contributed by atoms with Crippen molar-refractivity contribution in [2.45, 2.75) is 5.92 Å². The van der Waals surface area contributed by atoms with Crippen LogP contribution < -0.4 is 0 Å². The number of aromatic nitrogens is 1. The second-order valence-corrected chi connectivity index (χ2v) is 4.24. The van der Waals surface area contributed by atoms with Crippen LogP contribution in [0.15, 0.2) is 9.98 Å². The van der Waals surface area contributed by atoms with Crippen molar-refractivity contribution in [3.8, 4) is 0 Å². The van der Waals surface area contributed by atoms with Gasteiger partial charge in [0.05, 0.1) is 9.98 Å². The number of thiazole rings is 1. The van der Waals surface area contributed by atoms with Crippen molar-refractivity contribution in [1.82, 2.24) is 4.98 Å². The SMILES string of the molecule is OCC(F)(F)c1ncc(Br)s1. The predicted octanol–water partition coefficient (Wildman–Crippen LogP) is 1.99. The van der Waals surface area contributed by atoms with Gasteiger partial charge in [-0.15, -0.1) is 11.3 Å². The summed E-state index contributed by atoms with van der Waals surface area (Å²) in [5.41, 5.74) is 0. The van der Waals surface area contributed by atoms with E-state index in [1.807, 2.05) is 0 Å². The first-order valence-electron chi connectivity index (χ1n) is 2.67. The standard InChI is InChI=1S/C5H4BrF2NOS/c6-3-1-9-4(11-3)5(7,8)2-10/h1,10H,2H2. The van der Waals surface area contributed by atoms with E-state index in [2.05, 4.69) is 20.9 Å². The zero-order chi connectivity index (χ0) is 8.48. The Bertz CT molecular complexity index is 252. The minimum atomic E-state index is -3.21. The Balaban J connectivity index is 2.92. The van der Waals surface area contributed by atoms with Crippen molar-refractivity contribution >= 4 is 27.3 Å². The molecule has 1 heterocycles. The third-order valence-corrected chi connectivity index (χ3v) is 2.58. The fourth-order valence-electron chi connectivity index (χ4n) is 0.491. The van der Waals surface area contributed by atoms with Gasteiger partial charge >= 0.3 is 5.92 Å². The number of nitrogens with zero attached hydrogens (tertiary/aromatic N) is 1. The maximum atomic E-state index is 12.6. The highest BCUT2D eigenvalue weighted by Gasteiger charge is 2.33. The lowest BCUT2D eigenvalue weighted by Crippen LogP contribution is -2.17. The van der Waals surface area contributed by atoms with Crippen molar-refractivity contribution in [3.63, 3.8) is 0 Å². The van der Waals surface area contributed by atoms with E-state index in [1.165, 1.54) is 6.20 Å². The summed E-state index contributed by atoms with van der Waals surface area (Å²) in [5.74, 6) is -3.21. The number of rotatable bonds is 2. The van der Waals surface area contributed by atoms with Crippen molar-refractivity contribution in [2.75, 3.05) is 6.61 Å². The molecule has 0 fully saturated rings. The molecule has 1 rings (SSSR count). The van der Waals surface area contributed by atoms with Crippen molar-refractivity contribution in [3.05, 3.63) is 15.0 Å². The second kappa shape index (κ2) is 3.12. The highest BCUT2D eigenvalue weighted by Crippen LogP contribution is 2.32. The fourth-order valence-corrected chi connectivity index (χ4v) is 1.66. The van der Waals surface area contributed by atoms with Crippen LogP contribution in [0.25, 0.3) is 0 Å². The molecule has 11 heavy (non-hydrogen) atoms. The van der Waals surface area contributed by atoms with Gasteiger partial charge in [0.25, 0.3) is 0 Å². The summed E-state index contributed by atoms with van der Waals surface area (Å²) >= 11 is 3.81. The minimum Gasteiger partial charge on any atom is -0.390 e. The topological polar surface area (TPSA) is 33.1 Å². The summed E-state index contributed by atoms with van der Waals surface area (Å²) in [7, 11) is 0. The number of alkyl halides is 2. The Kier molecular flexibility index (Phi) is 2.56. The van der Waals surface area contributed by atoms with Gasteiger partial charge in [0.2, 0.25) is 0 Å². The molecule has 0 amide bonds. The van der Waals surface area contributed by atoms with E-state index in [0.29, 0.717) is 3.79 Å². The van der Waals surface area contributed by atoms with E-state index in [-0.39, 0.29) is 5.01 Å². The number of aliphatic hydroxyl groups excluding tert-OH is 1. The second-order valence-electron chi connectivity index (χ2n) is 1.83. The van der Waals surface area contributed by atoms with Gasteiger partial charge in [0.1, 0.15) is 6.61 Å². The van der Waals surface area contributed by atoms with Gasteiger partial charge in [-0.3, -0.25) is 0 Å². The van der Waals surface area contributed by atoms with Crippen LogP contribution >= 0.6 is 27.3 Å². The molecule has 0 aliphatic carbocycles. The molecule has 0 bridgehead atoms. The van der Waals surface area contributed by atoms with Crippen LogP contribution in [0.2, 0.25) is 0 Å². The summed E-state index contributed by atoms with van der Waals surface area (Å²) in [6.07, 6.45) is 1.28. The lowest BCUT2D eigenvalue weighted by Gasteiger charge is -2.07. The highest BCUT2D eigenvalue weighted by molar-refractivity contribution is 9.11. The smallest absolute Gasteiger partial charge is 0.321 e. The molecule has 0 radical (unpaired) electrons. The van der Waals surface area contributed by atoms with Crippen molar-refractivity contribution in [1.29, 1.82) is 0 Å². The van der Waals surface area contributed by atoms with Crippen LogP contribution in [-0.4, -0.2) is 16.7 Å². The van der Waals surface area contributed by atoms with Gasteiger partial charge in [-0.05, 0) is 15.9 Å². The maximum Gasteiger partial charge on any atom is 0.321 e. The molecule has 0 aromatic carbocycles. The Morgan fingerprint density at radius 1 is 1.73 bits per heavy atom. The van der Waals surface area contributed by atoms with Crippen LogP contribution in [-0.2, 0) is 5.92 Å². The summed E-state index contributed by atoms with van der Waals surface area (Å²) in [6, 6.07) is 0. The lowest BCUT2D eigenvalue weighted by molar-refractivity contribution is -0.0557. The molecule has 0 aliphatic heterocycles. The predicted molar refractivity (Wildman–Crippen MR) is 40.8 cm³/mol. The minimum absolute atomic E-state index is 0.369. The first kappa shape index (κ1) is 9.02. The molecule has 0 saturated carbocycles. The van der Waals surface area contributed by atoms with Gasteiger partial charge in [-0.2, -0.15) is 8.78 Å². The van der Waals surface area contributed by atoms with Gasteiger partial charge in [0, 0.05) is 0 Å². The third kappa shape index (κ3) is 1.94. The summed E-state index contributed by atoms with van der Waals surface area (Å²) in [6.45, 7) is -1.20. The third-order valence-electron chi connectivity index (χ3n) is 0.989. The number of halogens is 3. The number of hydrogen-bond acceptors (Lipinski definition) is 3. The molecule has 1 aromatic rings. The zero-order valence-electron chi connectivity index (χ0n) is 5.22. The summed E-state index contributed by atoms with van der Waals surface area (Å²) in [4.78, 5) is 3.42. The van der Waals surface area contributed by atoms with Crippen LogP contribution in [0, 0.1) is 0 Å². The number of hydrogen-bond donors (Lipinski definition) is 1. The highest BCUT2D eigenvalue weighted by atomic mass is 79.9. The maximum absolute atomic E-state index is 12.6. The molecule has 0 saturated heterocycles. The van der Waals surface area contributed by atoms with Crippen molar-refractivity contribution < 1.29 is 13.9 Å². The normalized spacial score (nSPS) is 12.0. The molecule has 1 aromatic heterocycles. The first-order valence-corrected chi connectivity index (χ1v) is 4.27. The molecule has 2 nitrogen and oxygen atoms in total. The van der Waals surface area contributed by atoms with Gasteiger partial charge < -0.3 is 5.11 Å². The van der Waals surface area contributed by atoms with E-state index in [9.17, 15) is 8.78 Å². The van der Waals surface area contributed by atoms with Crippen molar-refractivity contribution in [2.24, 2.45) is 0 Å². The molecule has 0 spiro atoms. The van der Waals surface area contributed by atoms with E-state index >= 15 is 0 Å². The molecule has 6 heteroatoms. The average molecular weight is 244 g/mol. The largest absolute Gasteiger partial charge is 0.390 e. The number of aliphatic hydroxyl groups is 1. The lowest BCUT2D eigenvalue weighted by atomic mass is 10.4. The monoisotopic (exact) mass is 243 g/mol. The Morgan fingerprint density at radius 2 is 2.36 bits per heavy atom. The molecular formula is C5H4BrF2NOS. The zero-order valence-corrected chi connectivity index (χ0v) is 7.62. The summed E-state index contributed by atoms with van der Waals surface area (Å²) < 4.78 is 25.7. The molecule has 1 N–H and O–H groups in total. The molecular weight excluding hydrogens is 240 g/mol. The molecule has 0 aliphatic rings. The summed E-state index contributed by atoms with van der Waals surface area (Å²) in [5, 5.41) is 7.89. The average Bonchev–Trinajstić information content (AvgIpc) is 2.36. The van der Waals surface area contributed by atoms with Crippen LogP contribution in [0.4, 0.5) is 8.78 Å². The van der Waals surface area contributed by atoms with Crippen LogP contribution in [0.1, 0.15) is 5.01 Å². The van der Waals surface area contributed by atoms with Gasteiger partial charge in [-0.25, -0.2) is 4.98 Å².